The Morgan fingerprint density at radius 3 is 2.82 bits per heavy atom. The first-order valence-corrected chi connectivity index (χ1v) is 5.62. The number of nitrogens with one attached hydrogen (secondary N) is 1. The molecule has 0 unspecified atom stereocenters. The van der Waals surface area contributed by atoms with Crippen LogP contribution in [0.5, 0.6) is 0 Å². The number of nitrogens with zero attached hydrogens (tertiary/aromatic N) is 2. The molecule has 1 N–H and O–H groups in total. The summed E-state index contributed by atoms with van der Waals surface area (Å²) in [6, 6.07) is 4.91. The molecule has 0 aliphatic heterocycles. The van der Waals surface area contributed by atoms with E-state index in [1.54, 1.807) is 29.8 Å². The van der Waals surface area contributed by atoms with Crippen molar-refractivity contribution in [3.8, 4) is 0 Å². The second kappa shape index (κ2) is 4.75. The molecule has 90 valence electrons. The van der Waals surface area contributed by atoms with Crippen LogP contribution in [0.1, 0.15) is 11.4 Å². The third-order valence-corrected chi connectivity index (χ3v) is 2.99. The van der Waals surface area contributed by atoms with Gasteiger partial charge in [0.05, 0.1) is 12.7 Å². The van der Waals surface area contributed by atoms with Crippen molar-refractivity contribution in [2.75, 3.05) is 5.32 Å². The number of aryl methyl sites for hydroxylation is 1. The van der Waals surface area contributed by atoms with Crippen LogP contribution < -0.4 is 5.32 Å². The summed E-state index contributed by atoms with van der Waals surface area (Å²) in [6.07, 6.45) is 1.61. The predicted molar refractivity (Wildman–Crippen MR) is 66.7 cm³/mol. The summed E-state index contributed by atoms with van der Waals surface area (Å²) < 4.78 is 14.9. The minimum atomic E-state index is -0.199. The van der Waals surface area contributed by atoms with E-state index in [1.165, 1.54) is 6.07 Å². The highest BCUT2D eigenvalue weighted by Gasteiger charge is 2.04. The molecule has 0 bridgehead atoms. The number of aromatic nitrogens is 2. The van der Waals surface area contributed by atoms with E-state index in [0.29, 0.717) is 17.3 Å². The number of rotatable bonds is 3. The molecule has 0 atom stereocenters. The number of benzene rings is 1. The molecule has 2 rings (SSSR count). The van der Waals surface area contributed by atoms with Gasteiger partial charge in [-0.25, -0.2) is 9.37 Å². The molecule has 1 aromatic heterocycles. The van der Waals surface area contributed by atoms with E-state index < -0.39 is 0 Å². The second-order valence-electron chi connectivity index (χ2n) is 3.87. The lowest BCUT2D eigenvalue weighted by Crippen LogP contribution is -2.06. The average molecular weight is 254 g/mol. The summed E-state index contributed by atoms with van der Waals surface area (Å²) in [7, 11) is 1.85. The molecular formula is C12H13ClFN3. The smallest absolute Gasteiger partial charge is 0.128 e. The van der Waals surface area contributed by atoms with Gasteiger partial charge in [0.1, 0.15) is 16.8 Å². The molecular weight excluding hydrogens is 241 g/mol. The molecule has 17 heavy (non-hydrogen) atoms. The van der Waals surface area contributed by atoms with E-state index in [0.717, 1.165) is 11.5 Å². The highest BCUT2D eigenvalue weighted by Crippen LogP contribution is 2.15. The van der Waals surface area contributed by atoms with Crippen molar-refractivity contribution in [1.82, 2.24) is 9.55 Å². The van der Waals surface area contributed by atoms with Crippen LogP contribution in [0.4, 0.5) is 10.1 Å². The van der Waals surface area contributed by atoms with Gasteiger partial charge in [0, 0.05) is 12.7 Å². The van der Waals surface area contributed by atoms with Crippen LogP contribution in [0.2, 0.25) is 5.15 Å². The summed E-state index contributed by atoms with van der Waals surface area (Å²) in [6.45, 7) is 2.28. The van der Waals surface area contributed by atoms with Gasteiger partial charge in [-0.1, -0.05) is 11.6 Å². The first-order valence-electron chi connectivity index (χ1n) is 5.24. The Kier molecular flexibility index (Phi) is 3.33. The summed E-state index contributed by atoms with van der Waals surface area (Å²) >= 11 is 5.88. The normalized spacial score (nSPS) is 10.6. The van der Waals surface area contributed by atoms with Gasteiger partial charge < -0.3 is 9.88 Å². The monoisotopic (exact) mass is 253 g/mol. The lowest BCUT2D eigenvalue weighted by atomic mass is 10.2. The van der Waals surface area contributed by atoms with Gasteiger partial charge in [-0.2, -0.15) is 0 Å². The molecule has 0 amide bonds. The highest BCUT2D eigenvalue weighted by molar-refractivity contribution is 6.29. The Hall–Kier alpha value is -1.55. The second-order valence-corrected chi connectivity index (χ2v) is 4.26. The fraction of sp³-hybridized carbons (Fsp3) is 0.250. The molecule has 3 nitrogen and oxygen atoms in total. The molecule has 1 heterocycles. The largest absolute Gasteiger partial charge is 0.378 e. The van der Waals surface area contributed by atoms with Crippen LogP contribution in [-0.2, 0) is 13.6 Å². The van der Waals surface area contributed by atoms with Gasteiger partial charge >= 0.3 is 0 Å². The van der Waals surface area contributed by atoms with Crippen LogP contribution in [0.3, 0.4) is 0 Å². The molecule has 0 saturated carbocycles. The molecule has 5 heteroatoms. The number of imidazole rings is 1. The number of hydrogen-bond acceptors (Lipinski definition) is 2. The Morgan fingerprint density at radius 2 is 2.24 bits per heavy atom. The van der Waals surface area contributed by atoms with Crippen molar-refractivity contribution >= 4 is 17.3 Å². The first kappa shape index (κ1) is 11.9. The Bertz CT molecular complexity index is 537. The maximum atomic E-state index is 13.1. The lowest BCUT2D eigenvalue weighted by molar-refractivity contribution is 0.618. The van der Waals surface area contributed by atoms with Crippen molar-refractivity contribution in [2.45, 2.75) is 13.5 Å². The number of hydrogen-bond donors (Lipinski definition) is 1. The highest BCUT2D eigenvalue weighted by atomic mass is 35.5. The Morgan fingerprint density at radius 1 is 1.47 bits per heavy atom. The van der Waals surface area contributed by atoms with E-state index in [-0.39, 0.29) is 5.82 Å². The standard InChI is InChI=1S/C12H13ClFN3/c1-8-5-9(3-4-10(8)14)15-7-12-16-6-11(13)17(12)2/h3-6,15H,7H2,1-2H3. The fourth-order valence-corrected chi connectivity index (χ4v) is 1.67. The third kappa shape index (κ3) is 2.58. The number of halogens is 2. The average Bonchev–Trinajstić information content (AvgIpc) is 2.62. The molecule has 0 fully saturated rings. The summed E-state index contributed by atoms with van der Waals surface area (Å²) in [5.41, 5.74) is 1.48. The van der Waals surface area contributed by atoms with Gasteiger partial charge in [-0.3, -0.25) is 0 Å². The maximum absolute atomic E-state index is 13.1. The molecule has 2 aromatic rings. The van der Waals surface area contributed by atoms with Crippen molar-refractivity contribution in [1.29, 1.82) is 0 Å². The van der Waals surface area contributed by atoms with Gasteiger partial charge in [0.15, 0.2) is 0 Å². The minimum Gasteiger partial charge on any atom is -0.378 e. The van der Waals surface area contributed by atoms with E-state index >= 15 is 0 Å². The first-order chi connectivity index (χ1) is 8.08. The zero-order chi connectivity index (χ0) is 12.4. The van der Waals surface area contributed by atoms with Gasteiger partial charge in [-0.15, -0.1) is 0 Å². The molecule has 0 aliphatic rings. The zero-order valence-corrected chi connectivity index (χ0v) is 10.4. The van der Waals surface area contributed by atoms with Crippen molar-refractivity contribution in [3.05, 3.63) is 46.8 Å². The van der Waals surface area contributed by atoms with Gasteiger partial charge in [0.25, 0.3) is 0 Å². The Balaban J connectivity index is 2.07. The summed E-state index contributed by atoms with van der Waals surface area (Å²) in [4.78, 5) is 4.16. The fourth-order valence-electron chi connectivity index (χ4n) is 1.52. The van der Waals surface area contributed by atoms with Crippen LogP contribution in [-0.4, -0.2) is 9.55 Å². The van der Waals surface area contributed by atoms with Crippen LogP contribution >= 0.6 is 11.6 Å². The topological polar surface area (TPSA) is 29.9 Å². The van der Waals surface area contributed by atoms with Crippen LogP contribution in [0, 0.1) is 12.7 Å². The minimum absolute atomic E-state index is 0.199. The van der Waals surface area contributed by atoms with Crippen LogP contribution in [0.25, 0.3) is 0 Å². The third-order valence-electron chi connectivity index (χ3n) is 2.64. The van der Waals surface area contributed by atoms with E-state index in [1.807, 2.05) is 7.05 Å². The quantitative estimate of drug-likeness (QED) is 0.911. The van der Waals surface area contributed by atoms with Crippen molar-refractivity contribution in [2.24, 2.45) is 7.05 Å². The molecule has 0 spiro atoms. The predicted octanol–water partition coefficient (Wildman–Crippen LogP) is 3.13. The summed E-state index contributed by atoms with van der Waals surface area (Å²) in [5.74, 6) is 0.632. The van der Waals surface area contributed by atoms with Crippen molar-refractivity contribution < 1.29 is 4.39 Å². The molecule has 0 radical (unpaired) electrons. The summed E-state index contributed by atoms with van der Waals surface area (Å²) in [5, 5.41) is 3.77. The van der Waals surface area contributed by atoms with E-state index in [2.05, 4.69) is 10.3 Å². The zero-order valence-electron chi connectivity index (χ0n) is 9.67. The van der Waals surface area contributed by atoms with Crippen LogP contribution in [0.15, 0.2) is 24.4 Å². The molecule has 0 aliphatic carbocycles. The van der Waals surface area contributed by atoms with E-state index in [4.69, 9.17) is 11.6 Å². The van der Waals surface area contributed by atoms with Gasteiger partial charge in [-0.05, 0) is 30.7 Å². The maximum Gasteiger partial charge on any atom is 0.128 e. The lowest BCUT2D eigenvalue weighted by Gasteiger charge is -2.07. The Labute approximate surface area is 104 Å². The SMILES string of the molecule is Cc1cc(NCc2ncc(Cl)n2C)ccc1F. The number of anilines is 1. The molecule has 1 aromatic carbocycles. The van der Waals surface area contributed by atoms with E-state index in [9.17, 15) is 4.39 Å². The molecule has 0 saturated heterocycles. The van der Waals surface area contributed by atoms with Crippen molar-refractivity contribution in [3.63, 3.8) is 0 Å². The van der Waals surface area contributed by atoms with Gasteiger partial charge in [0.2, 0.25) is 0 Å².